The van der Waals surface area contributed by atoms with Crippen LogP contribution in [0, 0.1) is 0 Å². The van der Waals surface area contributed by atoms with Crippen molar-refractivity contribution in [2.45, 2.75) is 50.7 Å². The molecule has 0 saturated heterocycles. The molecule has 1 unspecified atom stereocenters. The lowest BCUT2D eigenvalue weighted by Gasteiger charge is -2.26. The van der Waals surface area contributed by atoms with E-state index in [0.717, 1.165) is 22.3 Å². The maximum absolute atomic E-state index is 12.5. The Balaban J connectivity index is 1.47. The molecule has 1 aliphatic carbocycles. The Morgan fingerprint density at radius 3 is 2.18 bits per heavy atom. The van der Waals surface area contributed by atoms with E-state index in [-0.39, 0.29) is 31.4 Å². The van der Waals surface area contributed by atoms with Gasteiger partial charge in [-0.2, -0.15) is 0 Å². The quantitative estimate of drug-likeness (QED) is 0.437. The molecule has 8 nitrogen and oxygen atoms in total. The molecule has 4 N–H and O–H groups in total. The molecular formula is C25H30N2O6. The van der Waals surface area contributed by atoms with Crippen LogP contribution in [0.25, 0.3) is 11.1 Å². The third-order valence-electron chi connectivity index (χ3n) is 5.71. The Labute approximate surface area is 193 Å². The number of aliphatic hydroxyl groups is 1. The van der Waals surface area contributed by atoms with E-state index >= 15 is 0 Å². The number of hydrogen-bond donors (Lipinski definition) is 4. The molecular weight excluding hydrogens is 424 g/mol. The van der Waals surface area contributed by atoms with Gasteiger partial charge in [-0.1, -0.05) is 48.5 Å². The summed E-state index contributed by atoms with van der Waals surface area (Å²) in [6.07, 6.45) is -1.68. The topological polar surface area (TPSA) is 125 Å². The van der Waals surface area contributed by atoms with Gasteiger partial charge in [-0.25, -0.2) is 4.79 Å². The van der Waals surface area contributed by atoms with Crippen molar-refractivity contribution in [2.75, 3.05) is 13.2 Å². The van der Waals surface area contributed by atoms with Crippen molar-refractivity contribution in [3.8, 4) is 11.1 Å². The van der Waals surface area contributed by atoms with E-state index in [4.69, 9.17) is 9.84 Å². The number of carbonyl (C=O) groups excluding carboxylic acids is 2. The molecule has 33 heavy (non-hydrogen) atoms. The van der Waals surface area contributed by atoms with E-state index in [1.807, 2.05) is 24.3 Å². The monoisotopic (exact) mass is 454 g/mol. The van der Waals surface area contributed by atoms with Gasteiger partial charge in [-0.3, -0.25) is 9.59 Å². The molecule has 0 bridgehead atoms. The average Bonchev–Trinajstić information content (AvgIpc) is 3.08. The number of aliphatic hydroxyl groups excluding tert-OH is 1. The Morgan fingerprint density at radius 1 is 1.03 bits per heavy atom. The molecule has 0 radical (unpaired) electrons. The fourth-order valence-electron chi connectivity index (χ4n) is 3.99. The van der Waals surface area contributed by atoms with Crippen molar-refractivity contribution in [3.63, 3.8) is 0 Å². The lowest BCUT2D eigenvalue weighted by atomic mass is 9.98. The van der Waals surface area contributed by atoms with E-state index < -0.39 is 30.1 Å². The number of fused-ring (bicyclic) bond motifs is 3. The van der Waals surface area contributed by atoms with Gasteiger partial charge < -0.3 is 25.6 Å². The van der Waals surface area contributed by atoms with Crippen LogP contribution in [0.4, 0.5) is 4.79 Å². The molecule has 2 aromatic rings. The fourth-order valence-corrected chi connectivity index (χ4v) is 3.99. The summed E-state index contributed by atoms with van der Waals surface area (Å²) in [4.78, 5) is 35.0. The lowest BCUT2D eigenvalue weighted by molar-refractivity contribution is -0.139. The number of ether oxygens (including phenoxy) is 1. The van der Waals surface area contributed by atoms with Crippen molar-refractivity contribution < 1.29 is 29.3 Å². The molecule has 0 spiro atoms. The summed E-state index contributed by atoms with van der Waals surface area (Å²) in [6.45, 7) is 3.66. The minimum Gasteiger partial charge on any atom is -0.481 e. The molecule has 2 aromatic carbocycles. The highest BCUT2D eigenvalue weighted by atomic mass is 16.5. The van der Waals surface area contributed by atoms with Gasteiger partial charge >= 0.3 is 12.1 Å². The highest BCUT2D eigenvalue weighted by Crippen LogP contribution is 2.44. The zero-order valence-electron chi connectivity index (χ0n) is 18.8. The molecule has 0 heterocycles. The highest BCUT2D eigenvalue weighted by molar-refractivity contribution is 5.79. The van der Waals surface area contributed by atoms with Gasteiger partial charge in [-0.05, 0) is 42.5 Å². The van der Waals surface area contributed by atoms with Gasteiger partial charge in [0.1, 0.15) is 6.61 Å². The van der Waals surface area contributed by atoms with E-state index in [2.05, 4.69) is 34.9 Å². The summed E-state index contributed by atoms with van der Waals surface area (Å²) in [6, 6.07) is 16.2. The first-order valence-electron chi connectivity index (χ1n) is 11.0. The summed E-state index contributed by atoms with van der Waals surface area (Å²) in [5.41, 5.74) is 3.88. The smallest absolute Gasteiger partial charge is 0.407 e. The predicted molar refractivity (Wildman–Crippen MR) is 123 cm³/mol. The van der Waals surface area contributed by atoms with Crippen LogP contribution in [0.3, 0.4) is 0 Å². The van der Waals surface area contributed by atoms with E-state index in [9.17, 15) is 19.5 Å². The Morgan fingerprint density at radius 2 is 1.61 bits per heavy atom. The van der Waals surface area contributed by atoms with Crippen LogP contribution in [0.5, 0.6) is 0 Å². The second-order valence-electron chi connectivity index (χ2n) is 8.89. The minimum absolute atomic E-state index is 0.0331. The Hall–Kier alpha value is -3.39. The number of carbonyl (C=O) groups is 3. The van der Waals surface area contributed by atoms with E-state index in [1.165, 1.54) is 0 Å². The minimum atomic E-state index is -1.14. The Kier molecular flexibility index (Phi) is 7.71. The lowest BCUT2D eigenvalue weighted by Crippen LogP contribution is -2.45. The largest absolute Gasteiger partial charge is 0.481 e. The van der Waals surface area contributed by atoms with Gasteiger partial charge in [0.25, 0.3) is 0 Å². The van der Waals surface area contributed by atoms with Gasteiger partial charge in [0, 0.05) is 24.4 Å². The second-order valence-corrected chi connectivity index (χ2v) is 8.89. The molecule has 0 fully saturated rings. The number of amides is 2. The molecule has 8 heteroatoms. The third-order valence-corrected chi connectivity index (χ3v) is 5.71. The Bertz CT molecular complexity index is 974. The van der Waals surface area contributed by atoms with Crippen LogP contribution >= 0.6 is 0 Å². The molecule has 2 amide bonds. The first-order chi connectivity index (χ1) is 15.7. The summed E-state index contributed by atoms with van der Waals surface area (Å²) in [5.74, 6) is -1.50. The second kappa shape index (κ2) is 10.5. The van der Waals surface area contributed by atoms with Crippen molar-refractivity contribution >= 4 is 18.0 Å². The van der Waals surface area contributed by atoms with Gasteiger partial charge in [0.15, 0.2) is 0 Å². The number of carboxylic acids is 1. The van der Waals surface area contributed by atoms with Crippen LogP contribution in [-0.4, -0.2) is 53.0 Å². The summed E-state index contributed by atoms with van der Waals surface area (Å²) >= 11 is 0. The molecule has 1 aliphatic rings. The van der Waals surface area contributed by atoms with E-state index in [0.29, 0.717) is 6.42 Å². The number of benzene rings is 2. The fraction of sp³-hybridized carbons (Fsp3) is 0.400. The number of aliphatic carboxylic acids is 1. The molecule has 1 atom stereocenters. The van der Waals surface area contributed by atoms with Crippen molar-refractivity contribution in [2.24, 2.45) is 0 Å². The zero-order chi connectivity index (χ0) is 24.0. The highest BCUT2D eigenvalue weighted by Gasteiger charge is 2.30. The first kappa shape index (κ1) is 24.3. The van der Waals surface area contributed by atoms with Gasteiger partial charge in [-0.15, -0.1) is 0 Å². The van der Waals surface area contributed by atoms with Crippen LogP contribution < -0.4 is 10.6 Å². The average molecular weight is 455 g/mol. The molecule has 3 rings (SSSR count). The van der Waals surface area contributed by atoms with Crippen molar-refractivity contribution in [1.29, 1.82) is 0 Å². The third kappa shape index (κ3) is 6.55. The van der Waals surface area contributed by atoms with Crippen LogP contribution in [0.2, 0.25) is 0 Å². The normalized spacial score (nSPS) is 13.5. The van der Waals surface area contributed by atoms with Gasteiger partial charge in [0.2, 0.25) is 5.91 Å². The molecule has 0 aromatic heterocycles. The van der Waals surface area contributed by atoms with E-state index in [1.54, 1.807) is 13.8 Å². The first-order valence-corrected chi connectivity index (χ1v) is 11.0. The summed E-state index contributed by atoms with van der Waals surface area (Å²) in [5, 5.41) is 23.5. The number of alkyl carbamates (subject to hydrolysis) is 1. The SMILES string of the molecule is CC(C)(CCC(=O)NCC(O)CC(=O)O)NC(=O)OCC1c2ccccc2-c2ccccc21. The summed E-state index contributed by atoms with van der Waals surface area (Å²) < 4.78 is 5.56. The molecule has 176 valence electrons. The standard InChI is InChI=1S/C25H30N2O6/c1-25(2,12-11-22(29)26-14-16(28)13-23(30)31)27-24(32)33-15-21-19-9-5-3-7-17(19)18-8-4-6-10-20(18)21/h3-10,16,21,28H,11-15H2,1-2H3,(H,26,29)(H,27,32)(H,30,31). The number of nitrogens with one attached hydrogen (secondary N) is 2. The maximum atomic E-state index is 12.5. The van der Waals surface area contributed by atoms with Crippen molar-refractivity contribution in [3.05, 3.63) is 59.7 Å². The van der Waals surface area contributed by atoms with Crippen LogP contribution in [0.1, 0.15) is 50.2 Å². The van der Waals surface area contributed by atoms with Gasteiger partial charge in [0.05, 0.1) is 12.5 Å². The zero-order valence-corrected chi connectivity index (χ0v) is 18.8. The predicted octanol–water partition coefficient (Wildman–Crippen LogP) is 3.04. The number of carboxylic acid groups (broad SMARTS) is 1. The molecule has 0 aliphatic heterocycles. The van der Waals surface area contributed by atoms with Crippen LogP contribution in [-0.2, 0) is 14.3 Å². The van der Waals surface area contributed by atoms with Crippen molar-refractivity contribution in [1.82, 2.24) is 10.6 Å². The van der Waals surface area contributed by atoms with Crippen LogP contribution in [0.15, 0.2) is 48.5 Å². The summed E-state index contributed by atoms with van der Waals surface area (Å²) in [7, 11) is 0. The number of hydrogen-bond acceptors (Lipinski definition) is 5. The number of rotatable bonds is 10. The molecule has 0 saturated carbocycles. The maximum Gasteiger partial charge on any atom is 0.407 e.